The molecule has 0 fully saturated rings. The molecule has 1 rings (SSSR count). The highest BCUT2D eigenvalue weighted by molar-refractivity contribution is 5.91. The predicted molar refractivity (Wildman–Crippen MR) is 86.3 cm³/mol. The molecule has 1 atom stereocenters. The lowest BCUT2D eigenvalue weighted by Gasteiger charge is -2.15. The van der Waals surface area contributed by atoms with E-state index in [0.29, 0.717) is 5.69 Å². The van der Waals surface area contributed by atoms with Gasteiger partial charge in [-0.1, -0.05) is 13.8 Å². The number of anilines is 1. The third kappa shape index (κ3) is 7.37. The molecule has 23 heavy (non-hydrogen) atoms. The number of aromatic nitrogens is 1. The van der Waals surface area contributed by atoms with Crippen LogP contribution in [0, 0.1) is 5.92 Å². The third-order valence-electron chi connectivity index (χ3n) is 3.06. The fraction of sp³-hybridized carbons (Fsp3) is 0.467. The highest BCUT2D eigenvalue weighted by atomic mass is 16.2. The number of carbonyl (C=O) groups excluding carboxylic acids is 3. The minimum atomic E-state index is -0.645. The first-order valence-corrected chi connectivity index (χ1v) is 7.40. The number of hydrogen-bond acceptors (Lipinski definition) is 5. The van der Waals surface area contributed by atoms with Crippen molar-refractivity contribution in [3.8, 4) is 0 Å². The Labute approximate surface area is 135 Å². The van der Waals surface area contributed by atoms with Gasteiger partial charge in [0.25, 0.3) is 0 Å². The summed E-state index contributed by atoms with van der Waals surface area (Å²) in [4.78, 5) is 38.7. The van der Waals surface area contributed by atoms with E-state index in [4.69, 9.17) is 5.73 Å². The van der Waals surface area contributed by atoms with Gasteiger partial charge < -0.3 is 21.7 Å². The van der Waals surface area contributed by atoms with E-state index in [9.17, 15) is 14.4 Å². The average Bonchev–Trinajstić information content (AvgIpc) is 2.52. The van der Waals surface area contributed by atoms with Gasteiger partial charge in [-0.25, -0.2) is 0 Å². The van der Waals surface area contributed by atoms with E-state index in [2.05, 4.69) is 20.9 Å². The van der Waals surface area contributed by atoms with Crippen molar-refractivity contribution in [2.45, 2.75) is 26.3 Å². The van der Waals surface area contributed by atoms with Crippen LogP contribution < -0.4 is 21.7 Å². The fourth-order valence-corrected chi connectivity index (χ4v) is 1.63. The van der Waals surface area contributed by atoms with Gasteiger partial charge in [-0.2, -0.15) is 0 Å². The smallest absolute Gasteiger partial charge is 0.239 e. The molecule has 1 aromatic heterocycles. The molecule has 0 aliphatic rings. The molecule has 3 amide bonds. The summed E-state index contributed by atoms with van der Waals surface area (Å²) < 4.78 is 0. The van der Waals surface area contributed by atoms with Crippen molar-refractivity contribution in [2.75, 3.05) is 18.4 Å². The first-order chi connectivity index (χ1) is 10.9. The van der Waals surface area contributed by atoms with Crippen molar-refractivity contribution in [2.24, 2.45) is 11.7 Å². The predicted octanol–water partition coefficient (Wildman–Crippen LogP) is -0.374. The third-order valence-corrected chi connectivity index (χ3v) is 3.06. The number of nitrogens with one attached hydrogen (secondary N) is 3. The van der Waals surface area contributed by atoms with E-state index in [1.165, 1.54) is 6.20 Å². The summed E-state index contributed by atoms with van der Waals surface area (Å²) in [5.74, 6) is -0.980. The Kier molecular flexibility index (Phi) is 7.69. The molecule has 0 saturated heterocycles. The Morgan fingerprint density at radius 3 is 2.57 bits per heavy atom. The molecule has 126 valence electrons. The molecule has 8 heteroatoms. The number of hydrogen-bond donors (Lipinski definition) is 4. The molecule has 0 saturated carbocycles. The summed E-state index contributed by atoms with van der Waals surface area (Å²) in [7, 11) is 0. The molecule has 0 unspecified atom stereocenters. The molecule has 8 nitrogen and oxygen atoms in total. The van der Waals surface area contributed by atoms with Crippen molar-refractivity contribution in [3.63, 3.8) is 0 Å². The van der Waals surface area contributed by atoms with Gasteiger partial charge in [0.15, 0.2) is 0 Å². The molecule has 0 aliphatic carbocycles. The largest absolute Gasteiger partial charge is 0.354 e. The van der Waals surface area contributed by atoms with E-state index in [1.54, 1.807) is 18.3 Å². The van der Waals surface area contributed by atoms with E-state index in [-0.39, 0.29) is 43.1 Å². The zero-order valence-corrected chi connectivity index (χ0v) is 13.3. The second-order valence-electron chi connectivity index (χ2n) is 5.38. The maximum absolute atomic E-state index is 11.6. The minimum absolute atomic E-state index is 0.00534. The number of nitrogens with two attached hydrogens (primary N) is 1. The van der Waals surface area contributed by atoms with Gasteiger partial charge >= 0.3 is 0 Å². The molecule has 0 bridgehead atoms. The topological polar surface area (TPSA) is 126 Å². The van der Waals surface area contributed by atoms with Gasteiger partial charge in [-0.3, -0.25) is 19.4 Å². The fourth-order valence-electron chi connectivity index (χ4n) is 1.63. The van der Waals surface area contributed by atoms with Gasteiger partial charge in [0.1, 0.15) is 0 Å². The van der Waals surface area contributed by atoms with Crippen LogP contribution in [0.15, 0.2) is 24.5 Å². The Hall–Kier alpha value is -2.48. The monoisotopic (exact) mass is 321 g/mol. The Balaban J connectivity index is 2.19. The van der Waals surface area contributed by atoms with Crippen molar-refractivity contribution < 1.29 is 14.4 Å². The van der Waals surface area contributed by atoms with Crippen molar-refractivity contribution in [1.29, 1.82) is 0 Å². The SMILES string of the molecule is CC(C)[C@H](N)C(=O)NCC(=O)NCCC(=O)Nc1cccnc1. The number of rotatable bonds is 8. The van der Waals surface area contributed by atoms with Gasteiger partial charge in [-0.15, -0.1) is 0 Å². The maximum atomic E-state index is 11.6. The average molecular weight is 321 g/mol. The highest BCUT2D eigenvalue weighted by Gasteiger charge is 2.17. The summed E-state index contributed by atoms with van der Waals surface area (Å²) in [6.07, 6.45) is 3.26. The molecule has 0 aromatic carbocycles. The van der Waals surface area contributed by atoms with Crippen LogP contribution in [-0.4, -0.2) is 41.8 Å². The van der Waals surface area contributed by atoms with Gasteiger partial charge in [-0.05, 0) is 18.1 Å². The van der Waals surface area contributed by atoms with E-state index >= 15 is 0 Å². The summed E-state index contributed by atoms with van der Waals surface area (Å²) in [5, 5.41) is 7.66. The molecule has 0 aliphatic heterocycles. The van der Waals surface area contributed by atoms with Crippen molar-refractivity contribution in [1.82, 2.24) is 15.6 Å². The lowest BCUT2D eigenvalue weighted by molar-refractivity contribution is -0.127. The van der Waals surface area contributed by atoms with Crippen LogP contribution in [0.3, 0.4) is 0 Å². The van der Waals surface area contributed by atoms with Crippen molar-refractivity contribution in [3.05, 3.63) is 24.5 Å². The van der Waals surface area contributed by atoms with Crippen LogP contribution in [0.2, 0.25) is 0 Å². The van der Waals surface area contributed by atoms with Gasteiger partial charge in [0.05, 0.1) is 24.5 Å². The Bertz CT molecular complexity index is 533. The molecule has 1 heterocycles. The molecule has 5 N–H and O–H groups in total. The van der Waals surface area contributed by atoms with Crippen LogP contribution in [-0.2, 0) is 14.4 Å². The van der Waals surface area contributed by atoms with E-state index < -0.39 is 6.04 Å². The van der Waals surface area contributed by atoms with Gasteiger partial charge in [0.2, 0.25) is 17.7 Å². The molecule has 0 spiro atoms. The Morgan fingerprint density at radius 2 is 1.96 bits per heavy atom. The normalized spacial score (nSPS) is 11.7. The lowest BCUT2D eigenvalue weighted by atomic mass is 10.1. The molecular weight excluding hydrogens is 298 g/mol. The lowest BCUT2D eigenvalue weighted by Crippen LogP contribution is -2.47. The quantitative estimate of drug-likeness (QED) is 0.519. The van der Waals surface area contributed by atoms with Gasteiger partial charge in [0, 0.05) is 19.2 Å². The van der Waals surface area contributed by atoms with Crippen LogP contribution >= 0.6 is 0 Å². The summed E-state index contributed by atoms with van der Waals surface area (Å²) in [6.45, 7) is 3.66. The Morgan fingerprint density at radius 1 is 1.22 bits per heavy atom. The van der Waals surface area contributed by atoms with E-state index in [0.717, 1.165) is 0 Å². The second-order valence-corrected chi connectivity index (χ2v) is 5.38. The number of nitrogens with zero attached hydrogens (tertiary/aromatic N) is 1. The molecule has 0 radical (unpaired) electrons. The zero-order chi connectivity index (χ0) is 17.2. The zero-order valence-electron chi connectivity index (χ0n) is 13.3. The summed E-state index contributed by atoms with van der Waals surface area (Å²) in [6, 6.07) is 2.78. The number of pyridine rings is 1. The number of carbonyl (C=O) groups is 3. The first-order valence-electron chi connectivity index (χ1n) is 7.40. The minimum Gasteiger partial charge on any atom is -0.354 e. The van der Waals surface area contributed by atoms with Crippen LogP contribution in [0.5, 0.6) is 0 Å². The molecule has 1 aromatic rings. The second kappa shape index (κ2) is 9.52. The van der Waals surface area contributed by atoms with Crippen LogP contribution in [0.1, 0.15) is 20.3 Å². The van der Waals surface area contributed by atoms with Crippen LogP contribution in [0.4, 0.5) is 5.69 Å². The first kappa shape index (κ1) is 18.6. The summed E-state index contributed by atoms with van der Waals surface area (Å²) >= 11 is 0. The van der Waals surface area contributed by atoms with E-state index in [1.807, 2.05) is 13.8 Å². The number of amides is 3. The van der Waals surface area contributed by atoms with Crippen molar-refractivity contribution >= 4 is 23.4 Å². The molecular formula is C15H23N5O3. The highest BCUT2D eigenvalue weighted by Crippen LogP contribution is 2.02. The standard InChI is InChI=1S/C15H23N5O3/c1-10(2)14(16)15(23)19-9-13(22)18-7-5-12(21)20-11-4-3-6-17-8-11/h3-4,6,8,10,14H,5,7,9,16H2,1-2H3,(H,18,22)(H,19,23)(H,20,21)/t14-/m0/s1. The summed E-state index contributed by atoms with van der Waals surface area (Å²) in [5.41, 5.74) is 6.25. The maximum Gasteiger partial charge on any atom is 0.239 e. The van der Waals surface area contributed by atoms with Crippen LogP contribution in [0.25, 0.3) is 0 Å².